The van der Waals surface area contributed by atoms with E-state index in [-0.39, 0.29) is 17.7 Å². The summed E-state index contributed by atoms with van der Waals surface area (Å²) in [5, 5.41) is 7.91. The minimum atomic E-state index is -4.55. The number of fused-ring (bicyclic) bond motifs is 1. The Morgan fingerprint density at radius 1 is 0.939 bits per heavy atom. The Bertz CT molecular complexity index is 1390. The highest BCUT2D eigenvalue weighted by molar-refractivity contribution is 6.10. The second kappa shape index (κ2) is 7.54. The molecule has 0 radical (unpaired) electrons. The van der Waals surface area contributed by atoms with E-state index in [1.165, 1.54) is 35.5 Å². The molecule has 33 heavy (non-hydrogen) atoms. The van der Waals surface area contributed by atoms with Crippen LogP contribution in [0.4, 0.5) is 23.2 Å². The van der Waals surface area contributed by atoms with Crippen molar-refractivity contribution in [2.45, 2.75) is 12.7 Å². The summed E-state index contributed by atoms with van der Waals surface area (Å²) < 4.78 is 56.1. The molecule has 0 fully saturated rings. The number of aryl methyl sites for hydroxylation is 1. The second-order valence-corrected chi connectivity index (χ2v) is 7.73. The minimum Gasteiger partial charge on any atom is -0.317 e. The van der Waals surface area contributed by atoms with Crippen LogP contribution in [0.15, 0.2) is 67.0 Å². The molecule has 3 aromatic carbocycles. The van der Waals surface area contributed by atoms with E-state index in [0.29, 0.717) is 28.2 Å². The molecule has 0 unspecified atom stereocenters. The molecule has 4 aromatic rings. The lowest BCUT2D eigenvalue weighted by Gasteiger charge is -2.18. The van der Waals surface area contributed by atoms with Gasteiger partial charge < -0.3 is 9.47 Å². The van der Waals surface area contributed by atoms with Gasteiger partial charge in [-0.05, 0) is 53.1 Å². The Morgan fingerprint density at radius 3 is 2.45 bits per heavy atom. The number of alkyl halides is 3. The standard InChI is InChI=1S/C24H16F4N4O/c1-31-13-29-30-22(31)19-11-15(25)8-9-17(19)14-4-2-5-16(10-14)32-12-20-18(23(32)33)6-3-7-21(20)24(26,27)28/h2-11,13H,12H2,1H3. The quantitative estimate of drug-likeness (QED) is 0.388. The van der Waals surface area contributed by atoms with Crippen molar-refractivity contribution in [3.05, 3.63) is 89.5 Å². The molecule has 0 bridgehead atoms. The lowest BCUT2D eigenvalue weighted by Crippen LogP contribution is -2.23. The largest absolute Gasteiger partial charge is 0.416 e. The van der Waals surface area contributed by atoms with Gasteiger partial charge in [0.25, 0.3) is 5.91 Å². The van der Waals surface area contributed by atoms with Crippen LogP contribution in [0, 0.1) is 5.82 Å². The maximum atomic E-state index is 14.0. The summed E-state index contributed by atoms with van der Waals surface area (Å²) in [5.41, 5.74) is 1.44. The van der Waals surface area contributed by atoms with Crippen molar-refractivity contribution in [1.82, 2.24) is 14.8 Å². The van der Waals surface area contributed by atoms with Gasteiger partial charge in [0, 0.05) is 23.9 Å². The predicted octanol–water partition coefficient (Wildman–Crippen LogP) is 5.47. The SMILES string of the molecule is Cn1cnnc1-c1cc(F)ccc1-c1cccc(N2Cc3c(cccc3C(F)(F)F)C2=O)c1. The number of benzene rings is 3. The molecule has 0 atom stereocenters. The van der Waals surface area contributed by atoms with Crippen LogP contribution in [0.25, 0.3) is 22.5 Å². The molecule has 0 aliphatic carbocycles. The van der Waals surface area contributed by atoms with Gasteiger partial charge in [-0.2, -0.15) is 13.2 Å². The molecule has 0 saturated carbocycles. The van der Waals surface area contributed by atoms with E-state index in [1.807, 2.05) is 0 Å². The highest BCUT2D eigenvalue weighted by atomic mass is 19.4. The van der Waals surface area contributed by atoms with Crippen molar-refractivity contribution < 1.29 is 22.4 Å². The molecule has 5 nitrogen and oxygen atoms in total. The molecule has 166 valence electrons. The summed E-state index contributed by atoms with van der Waals surface area (Å²) in [6, 6.07) is 14.7. The third-order valence-electron chi connectivity index (χ3n) is 5.68. The number of rotatable bonds is 3. The first-order valence-corrected chi connectivity index (χ1v) is 9.99. The molecule has 1 amide bonds. The Labute approximate surface area is 185 Å². The van der Waals surface area contributed by atoms with Crippen molar-refractivity contribution >= 4 is 11.6 Å². The van der Waals surface area contributed by atoms with Gasteiger partial charge >= 0.3 is 6.18 Å². The van der Waals surface area contributed by atoms with E-state index >= 15 is 0 Å². The molecular weight excluding hydrogens is 436 g/mol. The van der Waals surface area contributed by atoms with Crippen LogP contribution in [-0.2, 0) is 19.8 Å². The fraction of sp³-hybridized carbons (Fsp3) is 0.125. The summed E-state index contributed by atoms with van der Waals surface area (Å²) in [7, 11) is 1.73. The first kappa shape index (κ1) is 20.9. The Morgan fingerprint density at radius 2 is 1.73 bits per heavy atom. The summed E-state index contributed by atoms with van der Waals surface area (Å²) in [6.07, 6.45) is -3.05. The number of carbonyl (C=O) groups excluding carboxylic acids is 1. The fourth-order valence-corrected chi connectivity index (χ4v) is 4.13. The Balaban J connectivity index is 1.57. The Kier molecular flexibility index (Phi) is 4.77. The normalized spacial score (nSPS) is 13.5. The zero-order chi connectivity index (χ0) is 23.3. The first-order chi connectivity index (χ1) is 15.7. The van der Waals surface area contributed by atoms with Crippen molar-refractivity contribution in [1.29, 1.82) is 0 Å². The van der Waals surface area contributed by atoms with Gasteiger partial charge in [-0.25, -0.2) is 4.39 Å². The van der Waals surface area contributed by atoms with Gasteiger partial charge in [-0.1, -0.05) is 24.3 Å². The second-order valence-electron chi connectivity index (χ2n) is 7.73. The highest BCUT2D eigenvalue weighted by Crippen LogP contribution is 2.40. The summed E-state index contributed by atoms with van der Waals surface area (Å²) in [4.78, 5) is 14.3. The molecular formula is C24H16F4N4O. The van der Waals surface area contributed by atoms with Gasteiger partial charge in [0.1, 0.15) is 12.1 Å². The smallest absolute Gasteiger partial charge is 0.317 e. The van der Waals surface area contributed by atoms with Crippen molar-refractivity contribution in [2.24, 2.45) is 7.05 Å². The molecule has 9 heteroatoms. The van der Waals surface area contributed by atoms with E-state index in [9.17, 15) is 22.4 Å². The minimum absolute atomic E-state index is 0.0387. The van der Waals surface area contributed by atoms with E-state index in [4.69, 9.17) is 0 Å². The molecule has 5 rings (SSSR count). The monoisotopic (exact) mass is 452 g/mol. The van der Waals surface area contributed by atoms with Crippen LogP contribution in [0.2, 0.25) is 0 Å². The van der Waals surface area contributed by atoms with E-state index in [2.05, 4.69) is 10.2 Å². The maximum absolute atomic E-state index is 14.0. The van der Waals surface area contributed by atoms with Crippen LogP contribution < -0.4 is 4.90 Å². The summed E-state index contributed by atoms with van der Waals surface area (Å²) in [5.74, 6) is -0.493. The molecule has 0 spiro atoms. The Hall–Kier alpha value is -4.01. The van der Waals surface area contributed by atoms with Gasteiger partial charge in [0.05, 0.1) is 12.1 Å². The number of hydrogen-bond acceptors (Lipinski definition) is 3. The number of halogens is 4. The lowest BCUT2D eigenvalue weighted by molar-refractivity contribution is -0.138. The number of aromatic nitrogens is 3. The van der Waals surface area contributed by atoms with Crippen LogP contribution in [0.5, 0.6) is 0 Å². The zero-order valence-electron chi connectivity index (χ0n) is 17.3. The third-order valence-corrected chi connectivity index (χ3v) is 5.68. The average Bonchev–Trinajstić information content (AvgIpc) is 3.36. The van der Waals surface area contributed by atoms with Crippen molar-refractivity contribution in [3.63, 3.8) is 0 Å². The van der Waals surface area contributed by atoms with Crippen molar-refractivity contribution in [3.8, 4) is 22.5 Å². The predicted molar refractivity (Wildman–Crippen MR) is 114 cm³/mol. The molecule has 1 aliphatic rings. The molecule has 1 aliphatic heterocycles. The number of carbonyl (C=O) groups is 1. The van der Waals surface area contributed by atoms with Gasteiger partial charge in [-0.3, -0.25) is 4.79 Å². The number of anilines is 1. The third kappa shape index (κ3) is 3.55. The number of hydrogen-bond donors (Lipinski definition) is 0. The van der Waals surface area contributed by atoms with Gasteiger partial charge in [0.15, 0.2) is 5.82 Å². The first-order valence-electron chi connectivity index (χ1n) is 9.99. The number of nitrogens with zero attached hydrogens (tertiary/aromatic N) is 4. The van der Waals surface area contributed by atoms with Crippen LogP contribution in [0.1, 0.15) is 21.5 Å². The summed E-state index contributed by atoms with van der Waals surface area (Å²) >= 11 is 0. The lowest BCUT2D eigenvalue weighted by atomic mass is 9.98. The van der Waals surface area contributed by atoms with E-state index in [1.54, 1.807) is 41.9 Å². The molecule has 0 saturated heterocycles. The van der Waals surface area contributed by atoms with E-state index < -0.39 is 23.5 Å². The number of amides is 1. The fourth-order valence-electron chi connectivity index (χ4n) is 4.13. The van der Waals surface area contributed by atoms with Crippen LogP contribution in [-0.4, -0.2) is 20.7 Å². The van der Waals surface area contributed by atoms with Crippen LogP contribution in [0.3, 0.4) is 0 Å². The van der Waals surface area contributed by atoms with Crippen molar-refractivity contribution in [2.75, 3.05) is 4.90 Å². The maximum Gasteiger partial charge on any atom is 0.416 e. The zero-order valence-corrected chi connectivity index (χ0v) is 17.3. The molecule has 1 aromatic heterocycles. The average molecular weight is 452 g/mol. The topological polar surface area (TPSA) is 51.0 Å². The van der Waals surface area contributed by atoms with Gasteiger partial charge in [-0.15, -0.1) is 10.2 Å². The molecule has 0 N–H and O–H groups in total. The van der Waals surface area contributed by atoms with E-state index in [0.717, 1.165) is 6.07 Å². The van der Waals surface area contributed by atoms with Crippen LogP contribution >= 0.6 is 0 Å². The highest BCUT2D eigenvalue weighted by Gasteiger charge is 2.39. The summed E-state index contributed by atoms with van der Waals surface area (Å²) in [6.45, 7) is -0.188. The van der Waals surface area contributed by atoms with Gasteiger partial charge in [0.2, 0.25) is 0 Å². The molecule has 2 heterocycles.